The molecule has 0 aromatic carbocycles. The normalized spacial score (nSPS) is 33.1. The number of amides is 1. The van der Waals surface area contributed by atoms with Crippen LogP contribution in [0.2, 0.25) is 0 Å². The lowest BCUT2D eigenvalue weighted by Gasteiger charge is -2.38. The van der Waals surface area contributed by atoms with Crippen LogP contribution in [0.1, 0.15) is 32.1 Å². The maximum Gasteiger partial charge on any atom is 0.217 e. The van der Waals surface area contributed by atoms with Crippen molar-refractivity contribution in [2.75, 3.05) is 24.7 Å². The van der Waals surface area contributed by atoms with Crippen molar-refractivity contribution in [1.29, 1.82) is 0 Å². The molecular weight excluding hydrogens is 236 g/mol. The fourth-order valence-corrected chi connectivity index (χ4v) is 4.01. The summed E-state index contributed by atoms with van der Waals surface area (Å²) in [4.78, 5) is 10.6. The van der Waals surface area contributed by atoms with Crippen LogP contribution in [-0.2, 0) is 9.53 Å². The Bertz CT molecular complexity index is 267. The molecule has 2 heterocycles. The predicted molar refractivity (Wildman–Crippen MR) is 70.1 cm³/mol. The second kappa shape index (κ2) is 6.07. The molecule has 2 fully saturated rings. The number of nitrogens with two attached hydrogens (primary N) is 1. The number of carbonyl (C=O) groups excluding carboxylic acids is 1. The van der Waals surface area contributed by atoms with Crippen LogP contribution < -0.4 is 11.1 Å². The Morgan fingerprint density at radius 3 is 3.18 bits per heavy atom. The minimum atomic E-state index is -0.206. The highest BCUT2D eigenvalue weighted by Gasteiger charge is 2.40. The average molecular weight is 258 g/mol. The molecule has 0 saturated carbocycles. The third kappa shape index (κ3) is 3.86. The van der Waals surface area contributed by atoms with Gasteiger partial charge in [-0.25, -0.2) is 0 Å². The van der Waals surface area contributed by atoms with Gasteiger partial charge in [0.05, 0.1) is 5.60 Å². The second-order valence-corrected chi connectivity index (χ2v) is 6.15. The molecule has 2 unspecified atom stereocenters. The van der Waals surface area contributed by atoms with Gasteiger partial charge >= 0.3 is 0 Å². The lowest BCUT2D eigenvalue weighted by Crippen LogP contribution is -2.47. The van der Waals surface area contributed by atoms with Crippen LogP contribution in [0.3, 0.4) is 0 Å². The van der Waals surface area contributed by atoms with E-state index in [2.05, 4.69) is 5.32 Å². The summed E-state index contributed by atoms with van der Waals surface area (Å²) >= 11 is 2.00. The number of hydrogen-bond acceptors (Lipinski definition) is 4. The summed E-state index contributed by atoms with van der Waals surface area (Å²) in [5, 5.41) is 3.53. The highest BCUT2D eigenvalue weighted by Crippen LogP contribution is 2.38. The maximum absolute atomic E-state index is 10.6. The van der Waals surface area contributed by atoms with E-state index in [0.29, 0.717) is 12.5 Å². The summed E-state index contributed by atoms with van der Waals surface area (Å²) in [6.45, 7) is 1.75. The summed E-state index contributed by atoms with van der Waals surface area (Å²) in [6.07, 6.45) is 4.72. The molecule has 0 aromatic heterocycles. The fraction of sp³-hybridized carbons (Fsp3) is 0.917. The van der Waals surface area contributed by atoms with Crippen molar-refractivity contribution in [1.82, 2.24) is 5.32 Å². The van der Waals surface area contributed by atoms with Crippen molar-refractivity contribution in [2.45, 2.75) is 43.7 Å². The van der Waals surface area contributed by atoms with E-state index in [4.69, 9.17) is 10.5 Å². The summed E-state index contributed by atoms with van der Waals surface area (Å²) in [5.41, 5.74) is 5.26. The lowest BCUT2D eigenvalue weighted by molar-refractivity contribution is -0.118. The first kappa shape index (κ1) is 13.2. The van der Waals surface area contributed by atoms with Crippen LogP contribution in [-0.4, -0.2) is 42.2 Å². The van der Waals surface area contributed by atoms with Crippen LogP contribution in [0.5, 0.6) is 0 Å². The Kier molecular flexibility index (Phi) is 4.70. The highest BCUT2D eigenvalue weighted by atomic mass is 32.2. The number of thioether (sulfide) groups is 1. The molecule has 1 amide bonds. The van der Waals surface area contributed by atoms with Crippen molar-refractivity contribution in [3.05, 3.63) is 0 Å². The minimum absolute atomic E-state index is 0.143. The monoisotopic (exact) mass is 258 g/mol. The van der Waals surface area contributed by atoms with E-state index in [1.807, 2.05) is 11.8 Å². The summed E-state index contributed by atoms with van der Waals surface area (Å²) in [5.74, 6) is 2.17. The van der Waals surface area contributed by atoms with Gasteiger partial charge in [-0.15, -0.1) is 0 Å². The quantitative estimate of drug-likeness (QED) is 0.719. The Morgan fingerprint density at radius 1 is 1.59 bits per heavy atom. The zero-order valence-electron chi connectivity index (χ0n) is 10.2. The van der Waals surface area contributed by atoms with Gasteiger partial charge in [-0.2, -0.15) is 11.8 Å². The predicted octanol–water partition coefficient (Wildman–Crippen LogP) is 0.896. The summed E-state index contributed by atoms with van der Waals surface area (Å²) in [7, 11) is 0. The first-order valence-electron chi connectivity index (χ1n) is 6.44. The van der Waals surface area contributed by atoms with E-state index < -0.39 is 0 Å². The standard InChI is InChI=1S/C12H22N2O2S/c13-11(15)2-1-5-14-10-3-6-16-12(8-10)4-7-17-9-12/h10,14H,1-9H2,(H2,13,15). The third-order valence-electron chi connectivity index (χ3n) is 3.59. The average Bonchev–Trinajstić information content (AvgIpc) is 2.73. The molecule has 4 nitrogen and oxygen atoms in total. The number of rotatable bonds is 5. The van der Waals surface area contributed by atoms with Gasteiger partial charge in [-0.3, -0.25) is 4.79 Å². The summed E-state index contributed by atoms with van der Waals surface area (Å²) in [6, 6.07) is 0.551. The van der Waals surface area contributed by atoms with E-state index in [0.717, 1.165) is 38.2 Å². The van der Waals surface area contributed by atoms with E-state index >= 15 is 0 Å². The molecule has 0 bridgehead atoms. The smallest absolute Gasteiger partial charge is 0.217 e. The molecule has 17 heavy (non-hydrogen) atoms. The van der Waals surface area contributed by atoms with Gasteiger partial charge in [0.25, 0.3) is 0 Å². The van der Waals surface area contributed by atoms with E-state index in [-0.39, 0.29) is 11.5 Å². The molecule has 5 heteroatoms. The van der Waals surface area contributed by atoms with Crippen molar-refractivity contribution in [2.24, 2.45) is 5.73 Å². The third-order valence-corrected chi connectivity index (χ3v) is 4.82. The Labute approximate surface area is 107 Å². The molecule has 0 aromatic rings. The van der Waals surface area contributed by atoms with Crippen molar-refractivity contribution < 1.29 is 9.53 Å². The van der Waals surface area contributed by atoms with E-state index in [1.54, 1.807) is 0 Å². The van der Waals surface area contributed by atoms with Crippen LogP contribution in [0.15, 0.2) is 0 Å². The van der Waals surface area contributed by atoms with Crippen LogP contribution in [0.4, 0.5) is 0 Å². The number of carbonyl (C=O) groups is 1. The largest absolute Gasteiger partial charge is 0.374 e. The molecule has 2 aliphatic rings. The number of hydrogen-bond donors (Lipinski definition) is 2. The molecule has 2 saturated heterocycles. The first-order chi connectivity index (χ1) is 8.20. The maximum atomic E-state index is 10.6. The zero-order valence-corrected chi connectivity index (χ0v) is 11.1. The lowest BCUT2D eigenvalue weighted by atomic mass is 9.90. The second-order valence-electron chi connectivity index (χ2n) is 5.05. The van der Waals surface area contributed by atoms with Crippen LogP contribution >= 0.6 is 11.8 Å². The topological polar surface area (TPSA) is 64.4 Å². The molecule has 0 aliphatic carbocycles. The first-order valence-corrected chi connectivity index (χ1v) is 7.59. The molecule has 2 aliphatic heterocycles. The molecule has 2 rings (SSSR count). The van der Waals surface area contributed by atoms with Gasteiger partial charge in [-0.05, 0) is 38.0 Å². The minimum Gasteiger partial charge on any atom is -0.374 e. The Morgan fingerprint density at radius 2 is 2.47 bits per heavy atom. The molecular formula is C12H22N2O2S. The highest BCUT2D eigenvalue weighted by molar-refractivity contribution is 7.99. The molecule has 3 N–H and O–H groups in total. The van der Waals surface area contributed by atoms with Crippen LogP contribution in [0, 0.1) is 0 Å². The van der Waals surface area contributed by atoms with Gasteiger partial charge < -0.3 is 15.8 Å². The van der Waals surface area contributed by atoms with Gasteiger partial charge in [0.15, 0.2) is 0 Å². The fourth-order valence-electron chi connectivity index (χ4n) is 2.63. The van der Waals surface area contributed by atoms with Crippen molar-refractivity contribution >= 4 is 17.7 Å². The molecule has 1 spiro atoms. The number of ether oxygens (including phenoxy) is 1. The van der Waals surface area contributed by atoms with Gasteiger partial charge in [0.2, 0.25) is 5.91 Å². The van der Waals surface area contributed by atoms with E-state index in [9.17, 15) is 4.79 Å². The van der Waals surface area contributed by atoms with Gasteiger partial charge in [-0.1, -0.05) is 0 Å². The van der Waals surface area contributed by atoms with E-state index in [1.165, 1.54) is 12.2 Å². The Balaban J connectivity index is 1.68. The SMILES string of the molecule is NC(=O)CCCNC1CCOC2(CCSC2)C1. The van der Waals surface area contributed by atoms with Crippen LogP contribution in [0.25, 0.3) is 0 Å². The number of primary amides is 1. The molecule has 0 radical (unpaired) electrons. The Hall–Kier alpha value is -0.260. The van der Waals surface area contributed by atoms with Crippen molar-refractivity contribution in [3.63, 3.8) is 0 Å². The summed E-state index contributed by atoms with van der Waals surface area (Å²) < 4.78 is 5.97. The van der Waals surface area contributed by atoms with Gasteiger partial charge in [0, 0.05) is 24.8 Å². The molecule has 2 atom stereocenters. The van der Waals surface area contributed by atoms with Gasteiger partial charge in [0.1, 0.15) is 0 Å². The number of nitrogens with one attached hydrogen (secondary N) is 1. The molecule has 98 valence electrons. The van der Waals surface area contributed by atoms with Crippen molar-refractivity contribution in [3.8, 4) is 0 Å². The zero-order chi connectivity index (χ0) is 12.1.